The van der Waals surface area contributed by atoms with Crippen LogP contribution in [0, 0.1) is 5.92 Å². The van der Waals surface area contributed by atoms with Crippen molar-refractivity contribution in [1.29, 1.82) is 0 Å². The first kappa shape index (κ1) is 27.5. The Morgan fingerprint density at radius 1 is 1.05 bits per heavy atom. The number of furan rings is 1. The number of piperazine rings is 1. The maximum atomic E-state index is 14.4. The lowest BCUT2D eigenvalue weighted by molar-refractivity contribution is -0.161. The second-order valence-corrected chi connectivity index (χ2v) is 11.5. The van der Waals surface area contributed by atoms with E-state index in [4.69, 9.17) is 4.42 Å². The molecule has 1 aliphatic heterocycles. The van der Waals surface area contributed by atoms with Crippen molar-refractivity contribution in [1.82, 2.24) is 20.9 Å². The fraction of sp³-hybridized carbons (Fsp3) is 0.517. The van der Waals surface area contributed by atoms with E-state index in [2.05, 4.69) is 16.0 Å². The first-order chi connectivity index (χ1) is 18.4. The van der Waals surface area contributed by atoms with E-state index in [0.29, 0.717) is 40.6 Å². The van der Waals surface area contributed by atoms with Crippen molar-refractivity contribution in [2.24, 2.45) is 5.92 Å². The largest absolute Gasteiger partial charge is 0.456 e. The molecule has 2 atom stereocenters. The molecule has 0 bridgehead atoms. The zero-order valence-corrected chi connectivity index (χ0v) is 22.5. The lowest BCUT2D eigenvalue weighted by Crippen LogP contribution is -2.51. The van der Waals surface area contributed by atoms with Crippen LogP contribution in [0.15, 0.2) is 40.8 Å². The van der Waals surface area contributed by atoms with E-state index in [9.17, 15) is 22.8 Å². The summed E-state index contributed by atoms with van der Waals surface area (Å²) in [7, 11) is 0. The molecule has 10 heteroatoms. The molecular weight excluding hydrogens is 509 g/mol. The van der Waals surface area contributed by atoms with Gasteiger partial charge in [-0.3, -0.25) is 14.9 Å². The van der Waals surface area contributed by atoms with Gasteiger partial charge >= 0.3 is 6.18 Å². The van der Waals surface area contributed by atoms with Crippen molar-refractivity contribution in [3.8, 4) is 0 Å². The average molecular weight is 545 g/mol. The Balaban J connectivity index is 1.44. The van der Waals surface area contributed by atoms with E-state index in [1.54, 1.807) is 29.2 Å². The van der Waals surface area contributed by atoms with Crippen LogP contribution in [0.2, 0.25) is 0 Å². The molecule has 0 radical (unpaired) electrons. The van der Waals surface area contributed by atoms with Gasteiger partial charge in [0.05, 0.1) is 6.04 Å². The van der Waals surface area contributed by atoms with Crippen LogP contribution in [0.25, 0.3) is 21.9 Å². The molecular formula is C29H35F3N4O3. The smallest absolute Gasteiger partial charge is 0.407 e. The van der Waals surface area contributed by atoms with Crippen LogP contribution >= 0.6 is 0 Å². The fourth-order valence-corrected chi connectivity index (χ4v) is 5.16. The highest BCUT2D eigenvalue weighted by Gasteiger charge is 2.45. The Morgan fingerprint density at radius 2 is 1.77 bits per heavy atom. The SMILES string of the molecule is CC(C)CC(NC(c1ccc2c(c1)oc1ccc(C(=O)N3CCNCC3)cc12)C(F)(F)F)C(=O)NC1(C)CC1. The summed E-state index contributed by atoms with van der Waals surface area (Å²) in [5.74, 6) is -0.477. The summed E-state index contributed by atoms with van der Waals surface area (Å²) in [6.45, 7) is 8.37. The number of carbonyl (C=O) groups is 2. The number of amides is 2. The number of nitrogens with one attached hydrogen (secondary N) is 3. The van der Waals surface area contributed by atoms with Crippen LogP contribution < -0.4 is 16.0 Å². The molecule has 39 heavy (non-hydrogen) atoms. The van der Waals surface area contributed by atoms with E-state index in [-0.39, 0.29) is 29.3 Å². The zero-order chi connectivity index (χ0) is 27.9. The van der Waals surface area contributed by atoms with Gasteiger partial charge in [0.2, 0.25) is 5.91 Å². The van der Waals surface area contributed by atoms with E-state index >= 15 is 0 Å². The molecule has 1 saturated heterocycles. The molecule has 2 aromatic carbocycles. The van der Waals surface area contributed by atoms with Gasteiger partial charge in [-0.25, -0.2) is 0 Å². The minimum absolute atomic E-state index is 0.0186. The summed E-state index contributed by atoms with van der Waals surface area (Å²) < 4.78 is 49.0. The minimum Gasteiger partial charge on any atom is -0.456 e. The van der Waals surface area contributed by atoms with Crippen molar-refractivity contribution in [2.45, 2.75) is 63.8 Å². The molecule has 1 aliphatic carbocycles. The van der Waals surface area contributed by atoms with Gasteiger partial charge in [0.15, 0.2) is 0 Å². The third-order valence-corrected chi connectivity index (χ3v) is 7.62. The number of nitrogens with zero attached hydrogens (tertiary/aromatic N) is 1. The highest BCUT2D eigenvalue weighted by molar-refractivity contribution is 6.08. The summed E-state index contributed by atoms with van der Waals surface area (Å²) in [4.78, 5) is 27.7. The fourth-order valence-electron chi connectivity index (χ4n) is 5.16. The van der Waals surface area contributed by atoms with Gasteiger partial charge in [-0.2, -0.15) is 13.2 Å². The summed E-state index contributed by atoms with van der Waals surface area (Å²) in [6, 6.07) is 6.45. The van der Waals surface area contributed by atoms with Crippen LogP contribution in [0.3, 0.4) is 0 Å². The number of hydrogen-bond donors (Lipinski definition) is 3. The van der Waals surface area contributed by atoms with Gasteiger partial charge in [-0.05, 0) is 61.9 Å². The van der Waals surface area contributed by atoms with E-state index in [1.807, 2.05) is 20.8 Å². The molecule has 2 heterocycles. The van der Waals surface area contributed by atoms with Crippen molar-refractivity contribution < 1.29 is 27.2 Å². The maximum absolute atomic E-state index is 14.4. The van der Waals surface area contributed by atoms with E-state index < -0.39 is 24.2 Å². The van der Waals surface area contributed by atoms with Crippen LogP contribution in [0.1, 0.15) is 62.0 Å². The lowest BCUT2D eigenvalue weighted by atomic mass is 9.98. The van der Waals surface area contributed by atoms with Gasteiger partial charge in [0.1, 0.15) is 17.2 Å². The Labute approximate surface area is 225 Å². The molecule has 1 aromatic heterocycles. The topological polar surface area (TPSA) is 86.6 Å². The summed E-state index contributed by atoms with van der Waals surface area (Å²) in [5, 5.41) is 10.0. The monoisotopic (exact) mass is 544 g/mol. The molecule has 7 nitrogen and oxygen atoms in total. The molecule has 2 fully saturated rings. The Kier molecular flexibility index (Phi) is 7.37. The highest BCUT2D eigenvalue weighted by Crippen LogP contribution is 2.38. The van der Waals surface area contributed by atoms with Gasteiger partial charge in [-0.1, -0.05) is 26.0 Å². The van der Waals surface area contributed by atoms with Gasteiger partial charge in [0, 0.05) is 48.1 Å². The van der Waals surface area contributed by atoms with Gasteiger partial charge in [0.25, 0.3) is 5.91 Å². The molecule has 5 rings (SSSR count). The first-order valence-corrected chi connectivity index (χ1v) is 13.5. The van der Waals surface area contributed by atoms with Gasteiger partial charge in [-0.15, -0.1) is 0 Å². The number of hydrogen-bond acceptors (Lipinski definition) is 5. The van der Waals surface area contributed by atoms with Crippen LogP contribution in [0.5, 0.6) is 0 Å². The van der Waals surface area contributed by atoms with Crippen molar-refractivity contribution in [3.05, 3.63) is 47.5 Å². The highest BCUT2D eigenvalue weighted by atomic mass is 19.4. The number of rotatable bonds is 8. The minimum atomic E-state index is -4.64. The predicted octanol–water partition coefficient (Wildman–Crippen LogP) is 4.91. The quantitative estimate of drug-likeness (QED) is 0.375. The number of benzene rings is 2. The lowest BCUT2D eigenvalue weighted by Gasteiger charge is -2.29. The average Bonchev–Trinajstić information content (AvgIpc) is 3.50. The molecule has 2 aliphatic rings. The number of alkyl halides is 3. The molecule has 210 valence electrons. The first-order valence-electron chi connectivity index (χ1n) is 13.5. The van der Waals surface area contributed by atoms with Crippen molar-refractivity contribution in [3.63, 3.8) is 0 Å². The Hall–Kier alpha value is -3.11. The third kappa shape index (κ3) is 6.06. The maximum Gasteiger partial charge on any atom is 0.407 e. The second-order valence-electron chi connectivity index (χ2n) is 11.5. The van der Waals surface area contributed by atoms with Crippen LogP contribution in [-0.2, 0) is 4.79 Å². The summed E-state index contributed by atoms with van der Waals surface area (Å²) in [6.07, 6.45) is -2.73. The molecule has 0 spiro atoms. The molecule has 3 aromatic rings. The molecule has 2 unspecified atom stereocenters. The molecule has 3 N–H and O–H groups in total. The summed E-state index contributed by atoms with van der Waals surface area (Å²) >= 11 is 0. The Morgan fingerprint density at radius 3 is 2.41 bits per heavy atom. The second kappa shape index (κ2) is 10.5. The van der Waals surface area contributed by atoms with E-state index in [1.165, 1.54) is 12.1 Å². The zero-order valence-electron chi connectivity index (χ0n) is 22.5. The number of halogens is 3. The van der Waals surface area contributed by atoms with Crippen LogP contribution in [0.4, 0.5) is 13.2 Å². The molecule has 1 saturated carbocycles. The third-order valence-electron chi connectivity index (χ3n) is 7.62. The normalized spacial score (nSPS) is 18.9. The van der Waals surface area contributed by atoms with Crippen molar-refractivity contribution >= 4 is 33.8 Å². The van der Waals surface area contributed by atoms with E-state index in [0.717, 1.165) is 25.9 Å². The summed E-state index contributed by atoms with van der Waals surface area (Å²) in [5.41, 5.74) is 0.925. The van der Waals surface area contributed by atoms with Crippen molar-refractivity contribution in [2.75, 3.05) is 26.2 Å². The molecule has 2 amide bonds. The number of fused-ring (bicyclic) bond motifs is 3. The standard InChI is InChI=1S/C29H35F3N4O3/c1-17(2)14-22(26(37)35-28(3)8-9-28)34-25(29(30,31)32)18-4-6-20-21-15-19(5-7-23(21)39-24(20)16-18)27(38)36-12-10-33-11-13-36/h4-7,15-17,22,25,33-34H,8-14H2,1-3H3,(H,35,37). The van der Waals surface area contributed by atoms with Crippen LogP contribution in [-0.4, -0.2) is 60.7 Å². The number of carbonyl (C=O) groups excluding carboxylic acids is 2. The Bertz CT molecular complexity index is 1370. The van der Waals surface area contributed by atoms with Gasteiger partial charge < -0.3 is 20.0 Å². The predicted molar refractivity (Wildman–Crippen MR) is 143 cm³/mol.